The van der Waals surface area contributed by atoms with E-state index in [9.17, 15) is 0 Å². The monoisotopic (exact) mass is 852 g/mol. The van der Waals surface area contributed by atoms with E-state index in [2.05, 4.69) is 225 Å². The van der Waals surface area contributed by atoms with Crippen LogP contribution in [0.3, 0.4) is 0 Å². The summed E-state index contributed by atoms with van der Waals surface area (Å²) in [6.07, 6.45) is 8.28. The van der Waals surface area contributed by atoms with Crippen LogP contribution in [0, 0.1) is 0 Å². The molecule has 2 aliphatic carbocycles. The summed E-state index contributed by atoms with van der Waals surface area (Å²) < 4.78 is 0. The zero-order chi connectivity index (χ0) is 44.4. The number of hydrogen-bond acceptors (Lipinski definition) is 2. The van der Waals surface area contributed by atoms with Crippen LogP contribution in [0.1, 0.15) is 87.5 Å². The number of aryl methyl sites for hydroxylation is 1. The van der Waals surface area contributed by atoms with Gasteiger partial charge in [-0.3, -0.25) is 0 Å². The third-order valence-corrected chi connectivity index (χ3v) is 15.3. The lowest BCUT2D eigenvalue weighted by atomic mass is 9.76. The van der Waals surface area contributed by atoms with Gasteiger partial charge in [0.2, 0.25) is 0 Å². The number of unbranched alkanes of at least 4 members (excludes halogenated alkanes) is 1. The quantitative estimate of drug-likeness (QED) is 0.134. The Balaban J connectivity index is 1.05. The minimum Gasteiger partial charge on any atom is -0.310 e. The highest BCUT2D eigenvalue weighted by atomic mass is 15.1. The summed E-state index contributed by atoms with van der Waals surface area (Å²) in [6.45, 7) is 7.22. The van der Waals surface area contributed by atoms with E-state index in [1.54, 1.807) is 0 Å². The Bertz CT molecular complexity index is 3400. The third-order valence-electron chi connectivity index (χ3n) is 15.3. The van der Waals surface area contributed by atoms with Crippen molar-refractivity contribution < 1.29 is 0 Å². The van der Waals surface area contributed by atoms with Crippen LogP contribution >= 0.6 is 0 Å². The first kappa shape index (κ1) is 40.4. The molecule has 0 spiro atoms. The third kappa shape index (κ3) is 6.52. The van der Waals surface area contributed by atoms with Gasteiger partial charge in [0, 0.05) is 38.9 Å². The van der Waals surface area contributed by atoms with Crippen LogP contribution in [0.4, 0.5) is 34.1 Å². The number of anilines is 6. The Morgan fingerprint density at radius 2 is 1.03 bits per heavy atom. The maximum atomic E-state index is 2.51. The van der Waals surface area contributed by atoms with Crippen molar-refractivity contribution in [3.8, 4) is 22.3 Å². The van der Waals surface area contributed by atoms with Crippen LogP contribution in [0.15, 0.2) is 194 Å². The Kier molecular flexibility index (Phi) is 10.0. The molecule has 0 bridgehead atoms. The van der Waals surface area contributed by atoms with Crippen molar-refractivity contribution in [2.45, 2.75) is 77.0 Å². The zero-order valence-corrected chi connectivity index (χ0v) is 38.4. The Morgan fingerprint density at radius 3 is 1.68 bits per heavy atom. The van der Waals surface area contributed by atoms with Crippen LogP contribution in [0.2, 0.25) is 0 Å². The molecule has 66 heavy (non-hydrogen) atoms. The van der Waals surface area contributed by atoms with E-state index in [-0.39, 0.29) is 5.41 Å². The lowest BCUT2D eigenvalue weighted by molar-refractivity contribution is 0.504. The SMILES string of the molecule is CCCCC1(C)c2ccccc2-c2ccc(N(c3ccccc3)c3ccc4ccc5c(N(c6ccccc6)c6ccc7c(c6)C(C)CCCCc6ccccc6-7)ccc6ccc3c4c65)cc21. The van der Waals surface area contributed by atoms with Crippen molar-refractivity contribution >= 4 is 66.4 Å². The molecule has 0 saturated carbocycles. The van der Waals surface area contributed by atoms with Crippen molar-refractivity contribution in [2.24, 2.45) is 0 Å². The molecule has 0 radical (unpaired) electrons. The Labute approximate surface area is 390 Å². The Hall–Kier alpha value is -7.16. The van der Waals surface area contributed by atoms with Crippen molar-refractivity contribution in [3.05, 3.63) is 216 Å². The van der Waals surface area contributed by atoms with Gasteiger partial charge in [-0.1, -0.05) is 173 Å². The second-order valence-electron chi connectivity index (χ2n) is 19.2. The smallest absolute Gasteiger partial charge is 0.0540 e. The minimum atomic E-state index is -0.0532. The normalized spacial score (nSPS) is 16.6. The van der Waals surface area contributed by atoms with E-state index < -0.39 is 0 Å². The molecule has 10 aromatic carbocycles. The largest absolute Gasteiger partial charge is 0.310 e. The maximum absolute atomic E-state index is 2.51. The van der Waals surface area contributed by atoms with Crippen LogP contribution in [-0.2, 0) is 11.8 Å². The van der Waals surface area contributed by atoms with Gasteiger partial charge in [-0.25, -0.2) is 0 Å². The number of rotatable bonds is 9. The number of fused-ring (bicyclic) bond motifs is 6. The lowest BCUT2D eigenvalue weighted by Gasteiger charge is -2.31. The van der Waals surface area contributed by atoms with Crippen molar-refractivity contribution in [1.29, 1.82) is 0 Å². The van der Waals surface area contributed by atoms with E-state index in [0.29, 0.717) is 5.92 Å². The minimum absolute atomic E-state index is 0.0532. The molecule has 0 aliphatic heterocycles. The van der Waals surface area contributed by atoms with Gasteiger partial charge < -0.3 is 9.80 Å². The summed E-state index contributed by atoms with van der Waals surface area (Å²) in [5.74, 6) is 0.446. The number of benzene rings is 10. The van der Waals surface area contributed by atoms with Crippen molar-refractivity contribution in [3.63, 3.8) is 0 Å². The standard InChI is InChI=1S/C64H56N2/c1-4-5-40-64(3)58-27-17-16-26-53(58)54-37-33-50(42-59(54)64)66(48-23-10-7-11-24-48)61-39-31-46-28-34-55-60(38-30-45-29-35-56(61)63(46)62(45)55)65(47-21-8-6-9-22-47)49-32-36-52-51-25-15-14-20-44(51)19-13-12-18-43(2)57(52)41-49/h6-11,14-17,20-39,41-43H,4-5,12-13,18-19,40H2,1-3H3. The number of para-hydroxylation sites is 2. The molecule has 2 unspecified atom stereocenters. The second-order valence-corrected chi connectivity index (χ2v) is 19.2. The topological polar surface area (TPSA) is 6.48 Å². The molecule has 2 nitrogen and oxygen atoms in total. The molecule has 2 atom stereocenters. The molecular formula is C64H56N2. The molecule has 0 N–H and O–H groups in total. The summed E-state index contributed by atoms with van der Waals surface area (Å²) in [7, 11) is 0. The van der Waals surface area contributed by atoms with Gasteiger partial charge in [-0.05, 0) is 158 Å². The maximum Gasteiger partial charge on any atom is 0.0540 e. The number of hydrogen-bond donors (Lipinski definition) is 0. The highest BCUT2D eigenvalue weighted by molar-refractivity contribution is 6.28. The molecule has 0 saturated heterocycles. The van der Waals surface area contributed by atoms with Crippen LogP contribution in [-0.4, -0.2) is 0 Å². The first-order valence-electron chi connectivity index (χ1n) is 24.4. The first-order chi connectivity index (χ1) is 32.5. The van der Waals surface area contributed by atoms with Crippen molar-refractivity contribution in [1.82, 2.24) is 0 Å². The van der Waals surface area contributed by atoms with E-state index in [1.807, 2.05) is 0 Å². The van der Waals surface area contributed by atoms with E-state index >= 15 is 0 Å². The van der Waals surface area contributed by atoms with Gasteiger partial charge in [0.05, 0.1) is 11.4 Å². The average Bonchev–Trinajstić information content (AvgIpc) is 3.65. The molecule has 0 fully saturated rings. The highest BCUT2D eigenvalue weighted by Gasteiger charge is 2.39. The summed E-state index contributed by atoms with van der Waals surface area (Å²) >= 11 is 0. The molecule has 322 valence electrons. The fourth-order valence-electron chi connectivity index (χ4n) is 11.9. The molecule has 2 aliphatic rings. The molecule has 10 aromatic rings. The lowest BCUT2D eigenvalue weighted by Crippen LogP contribution is -2.21. The summed E-state index contributed by atoms with van der Waals surface area (Å²) in [6, 6.07) is 73.5. The molecule has 2 heteroatoms. The van der Waals surface area contributed by atoms with Gasteiger partial charge in [0.25, 0.3) is 0 Å². The highest BCUT2D eigenvalue weighted by Crippen LogP contribution is 2.54. The van der Waals surface area contributed by atoms with Crippen LogP contribution in [0.5, 0.6) is 0 Å². The predicted molar refractivity (Wildman–Crippen MR) is 282 cm³/mol. The molecule has 0 amide bonds. The average molecular weight is 853 g/mol. The molecule has 0 aromatic heterocycles. The fourth-order valence-corrected chi connectivity index (χ4v) is 11.9. The van der Waals surface area contributed by atoms with Gasteiger partial charge >= 0.3 is 0 Å². The van der Waals surface area contributed by atoms with E-state index in [0.717, 1.165) is 24.2 Å². The van der Waals surface area contributed by atoms with E-state index in [4.69, 9.17) is 0 Å². The fraction of sp³-hybridized carbons (Fsp3) is 0.188. The predicted octanol–water partition coefficient (Wildman–Crippen LogP) is 18.5. The molecule has 0 heterocycles. The van der Waals surface area contributed by atoms with Gasteiger partial charge in [0.1, 0.15) is 0 Å². The van der Waals surface area contributed by atoms with Crippen LogP contribution in [0.25, 0.3) is 54.6 Å². The van der Waals surface area contributed by atoms with Gasteiger partial charge in [-0.2, -0.15) is 0 Å². The van der Waals surface area contributed by atoms with Crippen LogP contribution < -0.4 is 9.80 Å². The van der Waals surface area contributed by atoms with Gasteiger partial charge in [0.15, 0.2) is 0 Å². The molecule has 12 rings (SSSR count). The second kappa shape index (κ2) is 16.4. The first-order valence-corrected chi connectivity index (χ1v) is 24.4. The Morgan fingerprint density at radius 1 is 0.485 bits per heavy atom. The van der Waals surface area contributed by atoms with Gasteiger partial charge in [-0.15, -0.1) is 0 Å². The molecular weight excluding hydrogens is 797 g/mol. The number of nitrogens with zero attached hydrogens (tertiary/aromatic N) is 2. The zero-order valence-electron chi connectivity index (χ0n) is 38.4. The summed E-state index contributed by atoms with van der Waals surface area (Å²) in [4.78, 5) is 5.01. The summed E-state index contributed by atoms with van der Waals surface area (Å²) in [5, 5.41) is 7.62. The van der Waals surface area contributed by atoms with E-state index in [1.165, 1.54) is 132 Å². The summed E-state index contributed by atoms with van der Waals surface area (Å²) in [5.41, 5.74) is 18.3. The van der Waals surface area contributed by atoms with Crippen molar-refractivity contribution in [2.75, 3.05) is 9.80 Å².